The van der Waals surface area contributed by atoms with Crippen molar-refractivity contribution < 1.29 is 24.1 Å². The molecule has 0 radical (unpaired) electrons. The van der Waals surface area contributed by atoms with Crippen LogP contribution in [-0.4, -0.2) is 49.8 Å². The first-order valence-electron chi connectivity index (χ1n) is 9.80. The van der Waals surface area contributed by atoms with Crippen LogP contribution in [0, 0.1) is 0 Å². The zero-order chi connectivity index (χ0) is 20.9. The summed E-state index contributed by atoms with van der Waals surface area (Å²) in [5.41, 5.74) is 0.984. The van der Waals surface area contributed by atoms with Crippen LogP contribution in [0.5, 0.6) is 0 Å². The lowest BCUT2D eigenvalue weighted by Crippen LogP contribution is -2.60. The lowest BCUT2D eigenvalue weighted by atomic mass is 9.83. The van der Waals surface area contributed by atoms with E-state index < -0.39 is 24.0 Å². The van der Waals surface area contributed by atoms with Crippen LogP contribution in [0.25, 0.3) is 0 Å². The smallest absolute Gasteiger partial charge is 0.323 e. The maximum atomic E-state index is 12.4. The lowest BCUT2D eigenvalue weighted by Gasteiger charge is -2.46. The largest absolute Gasteiger partial charge is 0.468 e. The first kappa shape index (κ1) is 21.5. The molecular weight excluding hydrogens is 370 g/mol. The van der Waals surface area contributed by atoms with Crippen molar-refractivity contribution >= 4 is 5.97 Å². The van der Waals surface area contributed by atoms with Crippen LogP contribution >= 0.6 is 0 Å². The molecule has 2 aromatic rings. The highest BCUT2D eigenvalue weighted by atomic mass is 16.7. The second kappa shape index (κ2) is 9.50. The number of rotatable bonds is 7. The predicted octanol–water partition coefficient (Wildman–Crippen LogP) is 2.40. The van der Waals surface area contributed by atoms with Gasteiger partial charge in [0.05, 0.1) is 19.3 Å². The maximum absolute atomic E-state index is 12.4. The molecule has 0 bridgehead atoms. The number of carbonyl (C=O) groups is 1. The maximum Gasteiger partial charge on any atom is 0.323 e. The van der Waals surface area contributed by atoms with Gasteiger partial charge < -0.3 is 19.3 Å². The summed E-state index contributed by atoms with van der Waals surface area (Å²) in [6, 6.07) is 18.4. The average Bonchev–Trinajstić information content (AvgIpc) is 2.76. The van der Waals surface area contributed by atoms with E-state index in [1.807, 2.05) is 67.6 Å². The van der Waals surface area contributed by atoms with Crippen molar-refractivity contribution in [3.8, 4) is 0 Å². The highest BCUT2D eigenvalue weighted by molar-refractivity contribution is 5.76. The van der Waals surface area contributed by atoms with Crippen molar-refractivity contribution in [2.24, 2.45) is 0 Å². The molecule has 6 nitrogen and oxygen atoms in total. The minimum Gasteiger partial charge on any atom is -0.468 e. The fraction of sp³-hybridized carbons (Fsp3) is 0.435. The Kier molecular flexibility index (Phi) is 7.03. The normalized spacial score (nSPS) is 27.9. The molecule has 2 aromatic carbocycles. The van der Waals surface area contributed by atoms with Crippen molar-refractivity contribution in [2.45, 2.75) is 49.8 Å². The molecule has 2 N–H and O–H groups in total. The Morgan fingerprint density at radius 1 is 1.17 bits per heavy atom. The van der Waals surface area contributed by atoms with Gasteiger partial charge in [-0.2, -0.15) is 0 Å². The van der Waals surface area contributed by atoms with Gasteiger partial charge in [-0.25, -0.2) is 0 Å². The Morgan fingerprint density at radius 3 is 2.38 bits per heavy atom. The van der Waals surface area contributed by atoms with Gasteiger partial charge in [-0.05, 0) is 30.9 Å². The van der Waals surface area contributed by atoms with E-state index in [-0.39, 0.29) is 12.0 Å². The Hall–Kier alpha value is -2.25. The third-order valence-electron chi connectivity index (χ3n) is 5.57. The molecule has 1 heterocycles. The minimum atomic E-state index is -0.902. The van der Waals surface area contributed by atoms with E-state index in [0.29, 0.717) is 12.8 Å². The van der Waals surface area contributed by atoms with Crippen molar-refractivity contribution in [1.82, 2.24) is 5.32 Å². The van der Waals surface area contributed by atoms with Gasteiger partial charge in [0.25, 0.3) is 0 Å². The van der Waals surface area contributed by atoms with E-state index in [0.717, 1.165) is 11.1 Å². The van der Waals surface area contributed by atoms with E-state index in [4.69, 9.17) is 14.2 Å². The summed E-state index contributed by atoms with van der Waals surface area (Å²) in [7, 11) is 2.93. The van der Waals surface area contributed by atoms with E-state index in [2.05, 4.69) is 5.32 Å². The Morgan fingerprint density at radius 2 is 1.79 bits per heavy atom. The second-order valence-corrected chi connectivity index (χ2v) is 7.49. The first-order chi connectivity index (χ1) is 14.0. The van der Waals surface area contributed by atoms with E-state index in [1.54, 1.807) is 7.11 Å². The number of benzene rings is 2. The van der Waals surface area contributed by atoms with E-state index in [9.17, 15) is 9.90 Å². The number of hydrogen-bond donors (Lipinski definition) is 2. The molecule has 29 heavy (non-hydrogen) atoms. The summed E-state index contributed by atoms with van der Waals surface area (Å²) in [5.74, 6) is -0.366. The number of methoxy groups -OCH3 is 2. The molecule has 156 valence electrons. The van der Waals surface area contributed by atoms with Gasteiger partial charge in [-0.1, -0.05) is 60.7 Å². The summed E-state index contributed by atoms with van der Waals surface area (Å²) in [6.07, 6.45) is -0.575. The van der Waals surface area contributed by atoms with Crippen LogP contribution in [0.15, 0.2) is 60.7 Å². The highest BCUT2D eigenvalue weighted by Crippen LogP contribution is 2.38. The highest BCUT2D eigenvalue weighted by Gasteiger charge is 2.47. The number of nitrogens with one attached hydrogen (secondary N) is 1. The molecular formula is C23H29NO5. The van der Waals surface area contributed by atoms with Gasteiger partial charge >= 0.3 is 5.97 Å². The van der Waals surface area contributed by atoms with Crippen LogP contribution in [0.2, 0.25) is 0 Å². The van der Waals surface area contributed by atoms with Crippen LogP contribution in [0.1, 0.15) is 24.5 Å². The summed E-state index contributed by atoms with van der Waals surface area (Å²) in [5, 5.41) is 14.2. The van der Waals surface area contributed by atoms with Crippen molar-refractivity contribution in [3.05, 3.63) is 71.8 Å². The molecule has 3 rings (SSSR count). The molecule has 0 amide bonds. The predicted molar refractivity (Wildman–Crippen MR) is 109 cm³/mol. The van der Waals surface area contributed by atoms with E-state index in [1.165, 1.54) is 7.11 Å². The monoisotopic (exact) mass is 399 g/mol. The molecule has 1 aliphatic rings. The number of hydrogen-bond acceptors (Lipinski definition) is 6. The summed E-state index contributed by atoms with van der Waals surface area (Å²) < 4.78 is 16.8. The molecule has 6 heteroatoms. The van der Waals surface area contributed by atoms with Crippen LogP contribution < -0.4 is 5.32 Å². The minimum absolute atomic E-state index is 0.366. The van der Waals surface area contributed by atoms with Crippen LogP contribution in [0.4, 0.5) is 0 Å². The van der Waals surface area contributed by atoms with Crippen LogP contribution in [-0.2, 0) is 31.0 Å². The molecule has 1 saturated heterocycles. The number of aliphatic hydroxyl groups excluding tert-OH is 1. The molecule has 0 aliphatic carbocycles. The number of ether oxygens (including phenoxy) is 3. The fourth-order valence-corrected chi connectivity index (χ4v) is 3.83. The van der Waals surface area contributed by atoms with Crippen LogP contribution in [0.3, 0.4) is 0 Å². The zero-order valence-corrected chi connectivity index (χ0v) is 17.1. The fourth-order valence-electron chi connectivity index (χ4n) is 3.83. The average molecular weight is 399 g/mol. The molecule has 1 fully saturated rings. The molecule has 0 unspecified atom stereocenters. The summed E-state index contributed by atoms with van der Waals surface area (Å²) >= 11 is 0. The van der Waals surface area contributed by atoms with Crippen molar-refractivity contribution in [1.29, 1.82) is 0 Å². The van der Waals surface area contributed by atoms with Gasteiger partial charge in [0, 0.05) is 7.11 Å². The quantitative estimate of drug-likeness (QED) is 0.697. The summed E-state index contributed by atoms with van der Waals surface area (Å²) in [6.45, 7) is 1.86. The molecule has 0 saturated carbocycles. The lowest BCUT2D eigenvalue weighted by molar-refractivity contribution is -0.272. The number of aliphatic hydroxyl groups is 1. The zero-order valence-electron chi connectivity index (χ0n) is 17.1. The SMILES string of the molecule is COC(=O)[C@H](Cc1ccccc1)N[C@H]1C[C@@H](O)[C@@](C)(c2ccccc2)O[C@H]1OC. The van der Waals surface area contributed by atoms with Gasteiger partial charge in [0.1, 0.15) is 11.6 Å². The standard InChI is InChI=1S/C23H29NO5/c1-23(17-12-8-5-9-13-17)20(25)15-19(22(28-3)29-23)24-18(21(26)27-2)14-16-10-6-4-7-11-16/h4-13,18-20,22,24-25H,14-15H2,1-3H3/t18-,19-,20+,22+,23+/m0/s1. The van der Waals surface area contributed by atoms with Crippen molar-refractivity contribution in [2.75, 3.05) is 14.2 Å². The summed E-state index contributed by atoms with van der Waals surface area (Å²) in [4.78, 5) is 12.4. The number of esters is 1. The van der Waals surface area contributed by atoms with Gasteiger partial charge in [-0.3, -0.25) is 10.1 Å². The third-order valence-corrected chi connectivity index (χ3v) is 5.57. The van der Waals surface area contributed by atoms with Crippen molar-refractivity contribution in [3.63, 3.8) is 0 Å². The Bertz CT molecular complexity index is 784. The molecule has 5 atom stereocenters. The second-order valence-electron chi connectivity index (χ2n) is 7.49. The third kappa shape index (κ3) is 4.85. The molecule has 1 aliphatic heterocycles. The van der Waals surface area contributed by atoms with Gasteiger partial charge in [0.15, 0.2) is 6.29 Å². The van der Waals surface area contributed by atoms with Gasteiger partial charge in [0.2, 0.25) is 0 Å². The Balaban J connectivity index is 1.78. The molecule has 0 aromatic heterocycles. The van der Waals surface area contributed by atoms with Gasteiger partial charge in [-0.15, -0.1) is 0 Å². The topological polar surface area (TPSA) is 77.0 Å². The first-order valence-corrected chi connectivity index (χ1v) is 9.80. The number of carbonyl (C=O) groups excluding carboxylic acids is 1. The molecule has 0 spiro atoms. The van der Waals surface area contributed by atoms with E-state index >= 15 is 0 Å². The Labute approximate surface area is 171 Å².